The number of rotatable bonds is 8. The normalized spacial score (nSPS) is 10.3. The Balaban J connectivity index is 1.79. The number of ether oxygens (including phenoxy) is 1. The highest BCUT2D eigenvalue weighted by molar-refractivity contribution is 5.96. The Labute approximate surface area is 160 Å². The van der Waals surface area contributed by atoms with Gasteiger partial charge in [0.1, 0.15) is 0 Å². The van der Waals surface area contributed by atoms with E-state index in [1.807, 2.05) is 25.1 Å². The van der Waals surface area contributed by atoms with Crippen LogP contribution in [0.4, 0.5) is 11.4 Å². The first-order valence-corrected chi connectivity index (χ1v) is 9.03. The van der Waals surface area contributed by atoms with Gasteiger partial charge in [0, 0.05) is 31.0 Å². The number of hydrogen-bond acceptors (Lipinski definition) is 5. The summed E-state index contributed by atoms with van der Waals surface area (Å²) in [6, 6.07) is 13.4. The fourth-order valence-electron chi connectivity index (χ4n) is 2.74. The maximum atomic E-state index is 12.1. The summed E-state index contributed by atoms with van der Waals surface area (Å²) in [6.07, 6.45) is 0. The molecule has 144 valence electrons. The van der Waals surface area contributed by atoms with E-state index in [0.717, 1.165) is 17.8 Å². The molecule has 0 aliphatic rings. The number of carbonyl (C=O) groups excluding carboxylic acids is 2. The molecule has 0 aliphatic carbocycles. The Hall–Kier alpha value is -3.02. The van der Waals surface area contributed by atoms with Gasteiger partial charge in [-0.2, -0.15) is 0 Å². The Kier molecular flexibility index (Phi) is 7.23. The lowest BCUT2D eigenvalue weighted by atomic mass is 10.1. The van der Waals surface area contributed by atoms with Crippen molar-refractivity contribution in [1.29, 1.82) is 0 Å². The number of para-hydroxylation sites is 1. The highest BCUT2D eigenvalue weighted by Crippen LogP contribution is 2.17. The molecule has 0 bridgehead atoms. The van der Waals surface area contributed by atoms with Crippen LogP contribution >= 0.6 is 0 Å². The lowest BCUT2D eigenvalue weighted by Gasteiger charge is -2.23. The molecule has 0 fully saturated rings. The molecule has 0 aromatic heterocycles. The predicted octanol–water partition coefficient (Wildman–Crippen LogP) is 2.69. The van der Waals surface area contributed by atoms with Crippen molar-refractivity contribution in [2.24, 2.45) is 0 Å². The number of carbonyl (C=O) groups is 2. The summed E-state index contributed by atoms with van der Waals surface area (Å²) in [5.74, 6) is -0.934. The highest BCUT2D eigenvalue weighted by atomic mass is 16.5. The van der Waals surface area contributed by atoms with Gasteiger partial charge < -0.3 is 20.7 Å². The van der Waals surface area contributed by atoms with E-state index in [1.54, 1.807) is 12.1 Å². The number of nitrogen functional groups attached to an aromatic ring is 1. The zero-order valence-electron chi connectivity index (χ0n) is 16.1. The van der Waals surface area contributed by atoms with Crippen molar-refractivity contribution in [3.8, 4) is 0 Å². The highest BCUT2D eigenvalue weighted by Gasteiger charge is 2.14. The van der Waals surface area contributed by atoms with Crippen molar-refractivity contribution in [2.75, 3.05) is 36.9 Å². The number of amides is 1. The zero-order chi connectivity index (χ0) is 19.8. The van der Waals surface area contributed by atoms with Gasteiger partial charge in [-0.25, -0.2) is 4.79 Å². The molecule has 0 unspecified atom stereocenters. The summed E-state index contributed by atoms with van der Waals surface area (Å²) in [4.78, 5) is 26.2. The van der Waals surface area contributed by atoms with Gasteiger partial charge in [0.15, 0.2) is 6.61 Å². The molecule has 27 heavy (non-hydrogen) atoms. The standard InChI is InChI=1S/C21H27N3O3/c1-4-24(17-9-5-7-15(2)13-17)12-11-23-19(25)14-27-21(26)18-10-6-8-16(3)20(18)22/h5-10,13H,4,11-12,14,22H2,1-3H3,(H,23,25). The van der Waals surface area contributed by atoms with Crippen LogP contribution in [-0.4, -0.2) is 38.1 Å². The third-order valence-corrected chi connectivity index (χ3v) is 4.33. The first-order chi connectivity index (χ1) is 12.9. The van der Waals surface area contributed by atoms with E-state index in [0.29, 0.717) is 18.8 Å². The molecular formula is C21H27N3O3. The van der Waals surface area contributed by atoms with Crippen molar-refractivity contribution >= 4 is 23.3 Å². The summed E-state index contributed by atoms with van der Waals surface area (Å²) in [6.45, 7) is 7.57. The molecular weight excluding hydrogens is 342 g/mol. The average molecular weight is 369 g/mol. The van der Waals surface area contributed by atoms with Crippen molar-refractivity contribution < 1.29 is 14.3 Å². The van der Waals surface area contributed by atoms with Crippen molar-refractivity contribution in [3.63, 3.8) is 0 Å². The van der Waals surface area contributed by atoms with E-state index in [-0.39, 0.29) is 18.1 Å². The van der Waals surface area contributed by atoms with Crippen LogP contribution in [0.1, 0.15) is 28.4 Å². The third kappa shape index (κ3) is 5.74. The molecule has 0 radical (unpaired) electrons. The quantitative estimate of drug-likeness (QED) is 0.552. The van der Waals surface area contributed by atoms with Gasteiger partial charge in [0.2, 0.25) is 0 Å². The van der Waals surface area contributed by atoms with Gasteiger partial charge in [0.05, 0.1) is 5.56 Å². The molecule has 6 heteroatoms. The van der Waals surface area contributed by atoms with Crippen LogP contribution in [-0.2, 0) is 9.53 Å². The lowest BCUT2D eigenvalue weighted by Crippen LogP contribution is -2.37. The number of nitrogens with two attached hydrogens (primary N) is 1. The van der Waals surface area contributed by atoms with Gasteiger partial charge >= 0.3 is 5.97 Å². The zero-order valence-corrected chi connectivity index (χ0v) is 16.1. The van der Waals surface area contributed by atoms with Crippen LogP contribution in [0.5, 0.6) is 0 Å². The van der Waals surface area contributed by atoms with Crippen molar-refractivity contribution in [2.45, 2.75) is 20.8 Å². The summed E-state index contributed by atoms with van der Waals surface area (Å²) in [5, 5.41) is 2.78. The second kappa shape index (κ2) is 9.62. The van der Waals surface area contributed by atoms with Gasteiger partial charge in [-0.15, -0.1) is 0 Å². The van der Waals surface area contributed by atoms with Crippen LogP contribution in [0.25, 0.3) is 0 Å². The Bertz CT molecular complexity index is 805. The molecule has 2 aromatic carbocycles. The molecule has 0 saturated heterocycles. The minimum Gasteiger partial charge on any atom is -0.452 e. The first kappa shape index (κ1) is 20.3. The molecule has 0 saturated carbocycles. The predicted molar refractivity (Wildman–Crippen MR) is 108 cm³/mol. The number of esters is 1. The van der Waals surface area contributed by atoms with Gasteiger partial charge in [-0.3, -0.25) is 4.79 Å². The second-order valence-electron chi connectivity index (χ2n) is 6.38. The Morgan fingerprint density at radius 2 is 1.89 bits per heavy atom. The smallest absolute Gasteiger partial charge is 0.340 e. The molecule has 2 aromatic rings. The minimum atomic E-state index is -0.596. The Morgan fingerprint density at radius 3 is 2.59 bits per heavy atom. The van der Waals surface area contributed by atoms with Crippen molar-refractivity contribution in [3.05, 3.63) is 59.2 Å². The van der Waals surface area contributed by atoms with Gasteiger partial charge in [-0.05, 0) is 50.1 Å². The summed E-state index contributed by atoms with van der Waals surface area (Å²) >= 11 is 0. The molecule has 0 atom stereocenters. The fourth-order valence-corrected chi connectivity index (χ4v) is 2.74. The molecule has 0 aliphatic heterocycles. The van der Waals surface area contributed by atoms with Crippen LogP contribution < -0.4 is 16.0 Å². The van der Waals surface area contributed by atoms with E-state index < -0.39 is 5.97 Å². The molecule has 6 nitrogen and oxygen atoms in total. The van der Waals surface area contributed by atoms with E-state index in [9.17, 15) is 9.59 Å². The number of aryl methyl sites for hydroxylation is 2. The number of anilines is 2. The monoisotopic (exact) mass is 369 g/mol. The van der Waals surface area contributed by atoms with Crippen LogP contribution in [0, 0.1) is 13.8 Å². The number of hydrogen-bond donors (Lipinski definition) is 2. The Morgan fingerprint density at radius 1 is 1.15 bits per heavy atom. The molecule has 1 amide bonds. The van der Waals surface area contributed by atoms with E-state index in [2.05, 4.69) is 36.2 Å². The number of nitrogens with one attached hydrogen (secondary N) is 1. The van der Waals surface area contributed by atoms with E-state index in [1.165, 1.54) is 5.56 Å². The maximum absolute atomic E-state index is 12.1. The van der Waals surface area contributed by atoms with Gasteiger partial charge in [-0.1, -0.05) is 24.3 Å². The fraction of sp³-hybridized carbons (Fsp3) is 0.333. The lowest BCUT2D eigenvalue weighted by molar-refractivity contribution is -0.124. The second-order valence-corrected chi connectivity index (χ2v) is 6.38. The molecule has 2 rings (SSSR count). The summed E-state index contributed by atoms with van der Waals surface area (Å²) in [7, 11) is 0. The van der Waals surface area contributed by atoms with Crippen LogP contribution in [0.15, 0.2) is 42.5 Å². The number of benzene rings is 2. The SMILES string of the molecule is CCN(CCNC(=O)COC(=O)c1cccc(C)c1N)c1cccc(C)c1. The third-order valence-electron chi connectivity index (χ3n) is 4.33. The minimum absolute atomic E-state index is 0.277. The topological polar surface area (TPSA) is 84.7 Å². The van der Waals surface area contributed by atoms with E-state index in [4.69, 9.17) is 10.5 Å². The number of likely N-dealkylation sites (N-methyl/N-ethyl adjacent to an activating group) is 1. The molecule has 0 heterocycles. The molecule has 0 spiro atoms. The van der Waals surface area contributed by atoms with Crippen molar-refractivity contribution in [1.82, 2.24) is 5.32 Å². The van der Waals surface area contributed by atoms with Crippen LogP contribution in [0.3, 0.4) is 0 Å². The van der Waals surface area contributed by atoms with Gasteiger partial charge in [0.25, 0.3) is 5.91 Å². The average Bonchev–Trinajstić information content (AvgIpc) is 2.65. The molecule has 3 N–H and O–H groups in total. The maximum Gasteiger partial charge on any atom is 0.340 e. The number of nitrogens with zero attached hydrogens (tertiary/aromatic N) is 1. The van der Waals surface area contributed by atoms with Crippen LogP contribution in [0.2, 0.25) is 0 Å². The summed E-state index contributed by atoms with van der Waals surface area (Å²) in [5.41, 5.74) is 9.64. The van der Waals surface area contributed by atoms with E-state index >= 15 is 0 Å². The largest absolute Gasteiger partial charge is 0.452 e. The summed E-state index contributed by atoms with van der Waals surface area (Å²) < 4.78 is 5.07. The first-order valence-electron chi connectivity index (χ1n) is 9.03.